The van der Waals surface area contributed by atoms with Gasteiger partial charge in [0.25, 0.3) is 0 Å². The van der Waals surface area contributed by atoms with E-state index < -0.39 is 12.7 Å². The summed E-state index contributed by atoms with van der Waals surface area (Å²) < 4.78 is 37.0. The number of benzene rings is 1. The molecule has 2 rings (SSSR count). The van der Waals surface area contributed by atoms with Gasteiger partial charge in [0.2, 0.25) is 0 Å². The first kappa shape index (κ1) is 16.6. The van der Waals surface area contributed by atoms with Gasteiger partial charge in [0, 0.05) is 18.8 Å². The van der Waals surface area contributed by atoms with Crippen molar-refractivity contribution in [1.82, 2.24) is 4.90 Å². The molecule has 0 radical (unpaired) electrons. The maximum Gasteiger partial charge on any atom is 0.401 e. The molecule has 1 aliphatic rings. The van der Waals surface area contributed by atoms with Crippen molar-refractivity contribution in [3.8, 4) is 0 Å². The topological polar surface area (TPSA) is 53.6 Å². The number of rotatable bonds is 4. The van der Waals surface area contributed by atoms with Crippen molar-refractivity contribution in [2.45, 2.75) is 19.5 Å². The standard InChI is InChI=1S/C15H21F3N4/c1-11-3-2-4-13(7-11)21-14(19)20-8-12-5-6-22(9-12)10-15(16,17)18/h2-4,7,12H,5-6,8-10H2,1H3,(H3,19,20,21). The Morgan fingerprint density at radius 1 is 1.45 bits per heavy atom. The van der Waals surface area contributed by atoms with Gasteiger partial charge in [-0.3, -0.25) is 9.89 Å². The molecule has 0 aliphatic carbocycles. The number of nitrogens with two attached hydrogens (primary N) is 1. The minimum Gasteiger partial charge on any atom is -0.370 e. The van der Waals surface area contributed by atoms with Gasteiger partial charge in [-0.05, 0) is 43.5 Å². The number of halogens is 3. The van der Waals surface area contributed by atoms with Crippen LogP contribution in [0.5, 0.6) is 0 Å². The Morgan fingerprint density at radius 2 is 2.23 bits per heavy atom. The molecular weight excluding hydrogens is 293 g/mol. The molecule has 1 unspecified atom stereocenters. The van der Waals surface area contributed by atoms with Gasteiger partial charge < -0.3 is 11.1 Å². The molecule has 4 nitrogen and oxygen atoms in total. The van der Waals surface area contributed by atoms with Crippen LogP contribution >= 0.6 is 0 Å². The maximum atomic E-state index is 12.3. The Labute approximate surface area is 128 Å². The monoisotopic (exact) mass is 314 g/mol. The van der Waals surface area contributed by atoms with E-state index in [9.17, 15) is 13.2 Å². The van der Waals surface area contributed by atoms with E-state index in [1.54, 1.807) is 0 Å². The average molecular weight is 314 g/mol. The van der Waals surface area contributed by atoms with Gasteiger partial charge in [0.05, 0.1) is 6.54 Å². The largest absolute Gasteiger partial charge is 0.401 e. The van der Waals surface area contributed by atoms with Crippen LogP contribution in [-0.2, 0) is 0 Å². The third kappa shape index (κ3) is 5.55. The number of anilines is 1. The molecule has 0 aromatic heterocycles. The van der Waals surface area contributed by atoms with Crippen LogP contribution in [0.25, 0.3) is 0 Å². The van der Waals surface area contributed by atoms with Crippen LogP contribution in [0.15, 0.2) is 29.3 Å². The van der Waals surface area contributed by atoms with E-state index in [-0.39, 0.29) is 5.92 Å². The molecule has 1 heterocycles. The number of hydrogen-bond donors (Lipinski definition) is 2. The van der Waals surface area contributed by atoms with E-state index in [0.717, 1.165) is 17.7 Å². The second-order valence-corrected chi connectivity index (χ2v) is 5.73. The molecule has 1 aliphatic heterocycles. The molecular formula is C15H21F3N4. The van der Waals surface area contributed by atoms with Crippen molar-refractivity contribution < 1.29 is 13.2 Å². The Hall–Kier alpha value is -1.76. The van der Waals surface area contributed by atoms with Crippen LogP contribution in [0.3, 0.4) is 0 Å². The molecule has 3 N–H and O–H groups in total. The summed E-state index contributed by atoms with van der Waals surface area (Å²) in [5.41, 5.74) is 7.78. The fraction of sp³-hybridized carbons (Fsp3) is 0.533. The third-order valence-electron chi connectivity index (χ3n) is 3.58. The highest BCUT2D eigenvalue weighted by molar-refractivity contribution is 5.92. The summed E-state index contributed by atoms with van der Waals surface area (Å²) in [6.07, 6.45) is -3.42. The zero-order chi connectivity index (χ0) is 16.2. The first-order valence-electron chi connectivity index (χ1n) is 7.24. The fourth-order valence-electron chi connectivity index (χ4n) is 2.60. The summed E-state index contributed by atoms with van der Waals surface area (Å²) in [4.78, 5) is 5.66. The summed E-state index contributed by atoms with van der Waals surface area (Å²) in [7, 11) is 0. The van der Waals surface area contributed by atoms with Crippen molar-refractivity contribution in [2.75, 3.05) is 31.5 Å². The quantitative estimate of drug-likeness (QED) is 0.663. The molecule has 1 saturated heterocycles. The van der Waals surface area contributed by atoms with Gasteiger partial charge in [-0.25, -0.2) is 0 Å². The molecule has 0 bridgehead atoms. The van der Waals surface area contributed by atoms with Crippen molar-refractivity contribution in [2.24, 2.45) is 16.6 Å². The average Bonchev–Trinajstić information content (AvgIpc) is 2.82. The van der Waals surface area contributed by atoms with Gasteiger partial charge in [0.15, 0.2) is 5.96 Å². The van der Waals surface area contributed by atoms with Gasteiger partial charge >= 0.3 is 6.18 Å². The predicted octanol–water partition coefficient (Wildman–Crippen LogP) is 2.61. The second-order valence-electron chi connectivity index (χ2n) is 5.73. The predicted molar refractivity (Wildman–Crippen MR) is 81.9 cm³/mol. The van der Waals surface area contributed by atoms with Crippen LogP contribution in [0.2, 0.25) is 0 Å². The minimum atomic E-state index is -4.14. The molecule has 7 heteroatoms. The van der Waals surface area contributed by atoms with Crippen LogP contribution in [-0.4, -0.2) is 43.2 Å². The fourth-order valence-corrected chi connectivity index (χ4v) is 2.60. The number of likely N-dealkylation sites (tertiary alicyclic amines) is 1. The van der Waals surface area contributed by atoms with Crippen molar-refractivity contribution >= 4 is 11.6 Å². The van der Waals surface area contributed by atoms with Crippen LogP contribution in [0.1, 0.15) is 12.0 Å². The van der Waals surface area contributed by atoms with Crippen molar-refractivity contribution in [1.29, 1.82) is 0 Å². The lowest BCUT2D eigenvalue weighted by molar-refractivity contribution is -0.143. The number of guanidine groups is 1. The first-order chi connectivity index (χ1) is 10.3. The highest BCUT2D eigenvalue weighted by Gasteiger charge is 2.34. The summed E-state index contributed by atoms with van der Waals surface area (Å²) in [5, 5.41) is 2.99. The molecule has 1 aromatic rings. The van der Waals surface area contributed by atoms with Gasteiger partial charge in [-0.15, -0.1) is 0 Å². The maximum absolute atomic E-state index is 12.3. The Bertz CT molecular complexity index is 528. The summed E-state index contributed by atoms with van der Waals surface area (Å²) in [5.74, 6) is 0.417. The first-order valence-corrected chi connectivity index (χ1v) is 7.24. The lowest BCUT2D eigenvalue weighted by Gasteiger charge is -2.17. The van der Waals surface area contributed by atoms with Crippen LogP contribution in [0.4, 0.5) is 18.9 Å². The Kier molecular flexibility index (Phi) is 5.28. The van der Waals surface area contributed by atoms with E-state index in [2.05, 4.69) is 10.3 Å². The highest BCUT2D eigenvalue weighted by atomic mass is 19.4. The smallest absolute Gasteiger partial charge is 0.370 e. The molecule has 1 fully saturated rings. The van der Waals surface area contributed by atoms with E-state index in [0.29, 0.717) is 25.6 Å². The van der Waals surface area contributed by atoms with Gasteiger partial charge in [0.1, 0.15) is 0 Å². The Morgan fingerprint density at radius 3 is 2.91 bits per heavy atom. The van der Waals surface area contributed by atoms with E-state index in [1.165, 1.54) is 4.90 Å². The Balaban J connectivity index is 1.79. The molecule has 0 saturated carbocycles. The lowest BCUT2D eigenvalue weighted by atomic mass is 10.1. The van der Waals surface area contributed by atoms with Crippen molar-refractivity contribution in [3.63, 3.8) is 0 Å². The van der Waals surface area contributed by atoms with Crippen LogP contribution in [0, 0.1) is 12.8 Å². The zero-order valence-electron chi connectivity index (χ0n) is 12.5. The second kappa shape index (κ2) is 7.00. The van der Waals surface area contributed by atoms with Gasteiger partial charge in [-0.1, -0.05) is 12.1 Å². The van der Waals surface area contributed by atoms with Gasteiger partial charge in [-0.2, -0.15) is 13.2 Å². The number of aryl methyl sites for hydroxylation is 1. The number of hydrogen-bond acceptors (Lipinski definition) is 2. The molecule has 0 amide bonds. The highest BCUT2D eigenvalue weighted by Crippen LogP contribution is 2.22. The SMILES string of the molecule is Cc1cccc(NC(N)=NCC2CCN(CC(F)(F)F)C2)c1. The number of aliphatic imine (C=N–C) groups is 1. The number of alkyl halides is 3. The number of nitrogens with zero attached hydrogens (tertiary/aromatic N) is 2. The molecule has 0 spiro atoms. The third-order valence-corrected chi connectivity index (χ3v) is 3.58. The normalized spacial score (nSPS) is 20.4. The molecule has 122 valence electrons. The van der Waals surface area contributed by atoms with E-state index in [4.69, 9.17) is 5.73 Å². The van der Waals surface area contributed by atoms with E-state index in [1.807, 2.05) is 31.2 Å². The summed E-state index contributed by atoms with van der Waals surface area (Å²) >= 11 is 0. The van der Waals surface area contributed by atoms with Crippen molar-refractivity contribution in [3.05, 3.63) is 29.8 Å². The summed E-state index contributed by atoms with van der Waals surface area (Å²) in [6.45, 7) is 2.46. The van der Waals surface area contributed by atoms with E-state index >= 15 is 0 Å². The number of nitrogens with one attached hydrogen (secondary N) is 1. The summed E-state index contributed by atoms with van der Waals surface area (Å²) in [6, 6.07) is 7.72. The lowest BCUT2D eigenvalue weighted by Crippen LogP contribution is -2.32. The molecule has 1 aromatic carbocycles. The minimum absolute atomic E-state index is 0.125. The molecule has 1 atom stereocenters. The van der Waals surface area contributed by atoms with Crippen LogP contribution < -0.4 is 11.1 Å². The molecule has 22 heavy (non-hydrogen) atoms. The zero-order valence-corrected chi connectivity index (χ0v) is 12.5.